The van der Waals surface area contributed by atoms with E-state index < -0.39 is 5.41 Å². The van der Waals surface area contributed by atoms with Crippen LogP contribution < -0.4 is 5.32 Å². The van der Waals surface area contributed by atoms with Crippen molar-refractivity contribution in [2.75, 3.05) is 32.6 Å². The van der Waals surface area contributed by atoms with E-state index in [0.29, 0.717) is 37.3 Å². The first kappa shape index (κ1) is 18.1. The van der Waals surface area contributed by atoms with E-state index in [1.54, 1.807) is 38.4 Å². The second-order valence-electron chi connectivity index (χ2n) is 6.79. The predicted octanol–water partition coefficient (Wildman–Crippen LogP) is 3.08. The first-order valence-corrected chi connectivity index (χ1v) is 8.79. The van der Waals surface area contributed by atoms with Gasteiger partial charge in [0.1, 0.15) is 0 Å². The van der Waals surface area contributed by atoms with Crippen molar-refractivity contribution in [1.82, 2.24) is 4.90 Å². The molecule has 2 aromatic rings. The zero-order valence-corrected chi connectivity index (χ0v) is 15.2. The molecule has 2 aromatic carbocycles. The van der Waals surface area contributed by atoms with Crippen molar-refractivity contribution in [1.29, 1.82) is 0 Å². The fourth-order valence-electron chi connectivity index (χ4n) is 3.33. The Hall–Kier alpha value is -2.66. The number of nitrogens with one attached hydrogen (secondary N) is 1. The number of hydrogen-bond acceptors (Lipinski definition) is 3. The average molecular weight is 352 g/mol. The molecule has 5 heteroatoms. The molecule has 1 heterocycles. The van der Waals surface area contributed by atoms with Crippen LogP contribution in [0.4, 0.5) is 5.69 Å². The first-order valence-electron chi connectivity index (χ1n) is 8.79. The smallest absolute Gasteiger partial charge is 0.253 e. The van der Waals surface area contributed by atoms with E-state index in [1.807, 2.05) is 30.3 Å². The summed E-state index contributed by atoms with van der Waals surface area (Å²) in [4.78, 5) is 26.7. The topological polar surface area (TPSA) is 58.6 Å². The minimum Gasteiger partial charge on any atom is -0.381 e. The first-order chi connectivity index (χ1) is 12.5. The van der Waals surface area contributed by atoms with E-state index in [-0.39, 0.29) is 11.8 Å². The van der Waals surface area contributed by atoms with E-state index in [0.717, 1.165) is 5.56 Å². The maximum Gasteiger partial charge on any atom is 0.253 e. The molecule has 0 spiro atoms. The van der Waals surface area contributed by atoms with Gasteiger partial charge in [-0.05, 0) is 42.7 Å². The van der Waals surface area contributed by atoms with Gasteiger partial charge in [-0.3, -0.25) is 9.59 Å². The van der Waals surface area contributed by atoms with Crippen molar-refractivity contribution in [2.45, 2.75) is 18.3 Å². The van der Waals surface area contributed by atoms with Crippen LogP contribution in [0.1, 0.15) is 28.8 Å². The molecular formula is C21H24N2O3. The van der Waals surface area contributed by atoms with Gasteiger partial charge in [0, 0.05) is 38.6 Å². The minimum absolute atomic E-state index is 0.0290. The molecule has 0 aromatic heterocycles. The largest absolute Gasteiger partial charge is 0.381 e. The summed E-state index contributed by atoms with van der Waals surface area (Å²) in [6.07, 6.45) is 1.31. The number of carbonyl (C=O) groups excluding carboxylic acids is 2. The summed E-state index contributed by atoms with van der Waals surface area (Å²) >= 11 is 0. The number of hydrogen-bond donors (Lipinski definition) is 1. The lowest BCUT2D eigenvalue weighted by atomic mass is 9.73. The van der Waals surface area contributed by atoms with Gasteiger partial charge in [0.25, 0.3) is 5.91 Å². The summed E-state index contributed by atoms with van der Waals surface area (Å²) in [6, 6.07) is 16.9. The molecule has 1 aliphatic heterocycles. The second-order valence-corrected chi connectivity index (χ2v) is 6.79. The molecule has 0 saturated carbocycles. The third kappa shape index (κ3) is 3.63. The summed E-state index contributed by atoms with van der Waals surface area (Å²) in [5.74, 6) is -0.0910. The van der Waals surface area contributed by atoms with Crippen LogP contribution in [-0.4, -0.2) is 44.0 Å². The Balaban J connectivity index is 1.81. The second kappa shape index (κ2) is 7.70. The third-order valence-electron chi connectivity index (χ3n) is 4.90. The van der Waals surface area contributed by atoms with Gasteiger partial charge >= 0.3 is 0 Å². The highest BCUT2D eigenvalue weighted by atomic mass is 16.5. The standard InChI is InChI=1S/C21H24N2O3/c1-23(2)19(24)16-8-10-18(11-9-16)22-20(25)21(12-14-26-15-13-21)17-6-4-3-5-7-17/h3-11H,12-15H2,1-2H3,(H,22,25). The molecule has 26 heavy (non-hydrogen) atoms. The summed E-state index contributed by atoms with van der Waals surface area (Å²) in [5.41, 5.74) is 1.71. The Morgan fingerprint density at radius 3 is 2.15 bits per heavy atom. The van der Waals surface area contributed by atoms with E-state index in [1.165, 1.54) is 4.90 Å². The fraction of sp³-hybridized carbons (Fsp3) is 0.333. The van der Waals surface area contributed by atoms with Gasteiger partial charge < -0.3 is 15.0 Å². The molecule has 1 aliphatic rings. The Morgan fingerprint density at radius 1 is 0.962 bits per heavy atom. The molecule has 0 radical (unpaired) electrons. The van der Waals surface area contributed by atoms with Crippen molar-refractivity contribution in [2.24, 2.45) is 0 Å². The number of benzene rings is 2. The number of carbonyl (C=O) groups is 2. The minimum atomic E-state index is -0.586. The highest BCUT2D eigenvalue weighted by Gasteiger charge is 2.41. The monoisotopic (exact) mass is 352 g/mol. The van der Waals surface area contributed by atoms with Gasteiger partial charge in [-0.1, -0.05) is 30.3 Å². The lowest BCUT2D eigenvalue weighted by Crippen LogP contribution is -2.44. The summed E-state index contributed by atoms with van der Waals surface area (Å²) in [6.45, 7) is 1.14. The number of nitrogens with zero attached hydrogens (tertiary/aromatic N) is 1. The van der Waals surface area contributed by atoms with Crippen LogP contribution in [0, 0.1) is 0 Å². The van der Waals surface area contributed by atoms with E-state index in [4.69, 9.17) is 4.74 Å². The molecule has 0 unspecified atom stereocenters. The number of rotatable bonds is 4. The molecule has 0 bridgehead atoms. The summed E-state index contributed by atoms with van der Waals surface area (Å²) < 4.78 is 5.49. The molecule has 3 rings (SSSR count). The Bertz CT molecular complexity index is 764. The maximum absolute atomic E-state index is 13.2. The van der Waals surface area contributed by atoms with Crippen molar-refractivity contribution in [3.8, 4) is 0 Å². The molecule has 1 fully saturated rings. The molecule has 1 saturated heterocycles. The third-order valence-corrected chi connectivity index (χ3v) is 4.90. The number of amides is 2. The zero-order chi connectivity index (χ0) is 18.6. The van der Waals surface area contributed by atoms with Crippen LogP contribution in [0.15, 0.2) is 54.6 Å². The Morgan fingerprint density at radius 2 is 1.58 bits per heavy atom. The molecular weight excluding hydrogens is 328 g/mol. The highest BCUT2D eigenvalue weighted by Crippen LogP contribution is 2.36. The normalized spacial score (nSPS) is 15.9. The number of anilines is 1. The van der Waals surface area contributed by atoms with Gasteiger partial charge in [-0.2, -0.15) is 0 Å². The molecule has 0 aliphatic carbocycles. The Kier molecular flexibility index (Phi) is 5.38. The van der Waals surface area contributed by atoms with E-state index in [2.05, 4.69) is 5.32 Å². The lowest BCUT2D eigenvalue weighted by Gasteiger charge is -2.36. The molecule has 1 N–H and O–H groups in total. The lowest BCUT2D eigenvalue weighted by molar-refractivity contribution is -0.125. The van der Waals surface area contributed by atoms with Gasteiger partial charge in [-0.25, -0.2) is 0 Å². The average Bonchev–Trinajstić information content (AvgIpc) is 2.69. The molecule has 5 nitrogen and oxygen atoms in total. The number of ether oxygens (including phenoxy) is 1. The summed E-state index contributed by atoms with van der Waals surface area (Å²) in [7, 11) is 3.43. The van der Waals surface area contributed by atoms with Gasteiger partial charge in [0.15, 0.2) is 0 Å². The molecule has 136 valence electrons. The van der Waals surface area contributed by atoms with Gasteiger partial charge in [0.05, 0.1) is 5.41 Å². The summed E-state index contributed by atoms with van der Waals surface area (Å²) in [5, 5.41) is 3.03. The van der Waals surface area contributed by atoms with Crippen LogP contribution in [0.3, 0.4) is 0 Å². The van der Waals surface area contributed by atoms with Crippen molar-refractivity contribution in [3.63, 3.8) is 0 Å². The van der Waals surface area contributed by atoms with Crippen LogP contribution in [0.25, 0.3) is 0 Å². The fourth-order valence-corrected chi connectivity index (χ4v) is 3.33. The Labute approximate surface area is 154 Å². The zero-order valence-electron chi connectivity index (χ0n) is 15.2. The SMILES string of the molecule is CN(C)C(=O)c1ccc(NC(=O)C2(c3ccccc3)CCOCC2)cc1. The maximum atomic E-state index is 13.2. The van der Waals surface area contributed by atoms with Crippen molar-refractivity contribution >= 4 is 17.5 Å². The van der Waals surface area contributed by atoms with Crippen LogP contribution in [-0.2, 0) is 14.9 Å². The van der Waals surface area contributed by atoms with Gasteiger partial charge in [-0.15, -0.1) is 0 Å². The van der Waals surface area contributed by atoms with Crippen molar-refractivity contribution in [3.05, 3.63) is 65.7 Å². The van der Waals surface area contributed by atoms with Gasteiger partial charge in [0.2, 0.25) is 5.91 Å². The predicted molar refractivity (Wildman–Crippen MR) is 101 cm³/mol. The van der Waals surface area contributed by atoms with E-state index >= 15 is 0 Å². The van der Waals surface area contributed by atoms with Crippen LogP contribution in [0.5, 0.6) is 0 Å². The molecule has 0 atom stereocenters. The van der Waals surface area contributed by atoms with Crippen molar-refractivity contribution < 1.29 is 14.3 Å². The van der Waals surface area contributed by atoms with E-state index in [9.17, 15) is 9.59 Å². The quantitative estimate of drug-likeness (QED) is 0.920. The van der Waals surface area contributed by atoms with Crippen LogP contribution in [0.2, 0.25) is 0 Å². The van der Waals surface area contributed by atoms with Crippen LogP contribution >= 0.6 is 0 Å². The molecule has 2 amide bonds. The highest BCUT2D eigenvalue weighted by molar-refractivity contribution is 6.00.